The highest BCUT2D eigenvalue weighted by Crippen LogP contribution is 2.17. The van der Waals surface area contributed by atoms with E-state index in [1.807, 2.05) is 0 Å². The highest BCUT2D eigenvalue weighted by Gasteiger charge is 2.19. The summed E-state index contributed by atoms with van der Waals surface area (Å²) in [5.74, 6) is -0.875. The van der Waals surface area contributed by atoms with Gasteiger partial charge >= 0.3 is 17.9 Å². The van der Waals surface area contributed by atoms with Crippen LogP contribution in [0, 0.1) is 0 Å². The van der Waals surface area contributed by atoms with Gasteiger partial charge in [-0.3, -0.25) is 14.4 Å². The maximum Gasteiger partial charge on any atom is 0.306 e. The van der Waals surface area contributed by atoms with Gasteiger partial charge in [-0.2, -0.15) is 0 Å². The van der Waals surface area contributed by atoms with Crippen LogP contribution in [0.25, 0.3) is 0 Å². The van der Waals surface area contributed by atoms with Crippen LogP contribution in [0.3, 0.4) is 0 Å². The van der Waals surface area contributed by atoms with E-state index in [-0.39, 0.29) is 31.1 Å². The van der Waals surface area contributed by atoms with Crippen molar-refractivity contribution in [2.45, 2.75) is 341 Å². The molecule has 0 aliphatic carbocycles. The molecule has 0 fully saturated rings. The lowest BCUT2D eigenvalue weighted by Gasteiger charge is -2.18. The maximum atomic E-state index is 12.9. The molecule has 0 aromatic rings. The van der Waals surface area contributed by atoms with Crippen molar-refractivity contribution < 1.29 is 28.6 Å². The molecule has 0 aromatic carbocycles. The largest absolute Gasteiger partial charge is 0.462 e. The number of esters is 3. The van der Waals surface area contributed by atoms with Crippen molar-refractivity contribution in [3.8, 4) is 0 Å². The first kappa shape index (κ1) is 72.8. The molecule has 0 radical (unpaired) electrons. The first-order valence-corrected chi connectivity index (χ1v) is 32.9. The summed E-state index contributed by atoms with van der Waals surface area (Å²) in [7, 11) is 0. The smallest absolute Gasteiger partial charge is 0.306 e. The van der Waals surface area contributed by atoms with Crippen LogP contribution in [-0.2, 0) is 28.6 Å². The van der Waals surface area contributed by atoms with E-state index < -0.39 is 6.10 Å². The number of hydrogen-bond acceptors (Lipinski definition) is 6. The number of ether oxygens (including phenoxy) is 3. The van der Waals surface area contributed by atoms with Gasteiger partial charge in [0.25, 0.3) is 0 Å². The summed E-state index contributed by atoms with van der Waals surface area (Å²) in [5, 5.41) is 0. The average molecular weight is 1060 g/mol. The normalized spacial score (nSPS) is 12.5. The molecule has 0 amide bonds. The minimum atomic E-state index is -0.781. The van der Waals surface area contributed by atoms with Crippen LogP contribution >= 0.6 is 0 Å². The molecule has 0 saturated carbocycles. The molecule has 1 unspecified atom stereocenters. The van der Waals surface area contributed by atoms with Gasteiger partial charge in [-0.05, 0) is 83.5 Å². The van der Waals surface area contributed by atoms with Gasteiger partial charge in [0, 0.05) is 19.3 Å². The number of rotatable bonds is 60. The Morgan fingerprint density at radius 1 is 0.276 bits per heavy atom. The van der Waals surface area contributed by atoms with E-state index in [2.05, 4.69) is 93.7 Å². The van der Waals surface area contributed by atoms with Crippen LogP contribution in [0.2, 0.25) is 0 Å². The van der Waals surface area contributed by atoms with Gasteiger partial charge in [0.1, 0.15) is 13.2 Å². The van der Waals surface area contributed by atoms with E-state index in [9.17, 15) is 14.4 Å². The van der Waals surface area contributed by atoms with Gasteiger partial charge in [-0.1, -0.05) is 306 Å². The van der Waals surface area contributed by atoms with Crippen molar-refractivity contribution in [3.63, 3.8) is 0 Å². The van der Waals surface area contributed by atoms with Crippen molar-refractivity contribution in [3.05, 3.63) is 72.9 Å². The molecule has 0 N–H and O–H groups in total. The third kappa shape index (κ3) is 61.7. The lowest BCUT2D eigenvalue weighted by Crippen LogP contribution is -2.30. The average Bonchev–Trinajstić information content (AvgIpc) is 3.42. The van der Waals surface area contributed by atoms with Gasteiger partial charge in [0.15, 0.2) is 6.10 Å². The van der Waals surface area contributed by atoms with Gasteiger partial charge in [-0.25, -0.2) is 0 Å². The molecule has 440 valence electrons. The number of allylic oxidation sites excluding steroid dienone is 12. The Balaban J connectivity index is 4.28. The molecule has 76 heavy (non-hydrogen) atoms. The van der Waals surface area contributed by atoms with Gasteiger partial charge in [0.05, 0.1) is 0 Å². The summed E-state index contributed by atoms with van der Waals surface area (Å²) in [5.41, 5.74) is 0. The van der Waals surface area contributed by atoms with Crippen molar-refractivity contribution >= 4 is 17.9 Å². The third-order valence-electron chi connectivity index (χ3n) is 14.4. The lowest BCUT2D eigenvalue weighted by molar-refractivity contribution is -0.167. The quantitative estimate of drug-likeness (QED) is 0.0261. The van der Waals surface area contributed by atoms with Crippen LogP contribution < -0.4 is 0 Å². The lowest BCUT2D eigenvalue weighted by atomic mass is 10.0. The zero-order valence-electron chi connectivity index (χ0n) is 50.5. The number of hydrogen-bond donors (Lipinski definition) is 0. The van der Waals surface area contributed by atoms with Crippen LogP contribution in [0.15, 0.2) is 72.9 Å². The Morgan fingerprint density at radius 3 is 0.855 bits per heavy atom. The molecule has 0 rings (SSSR count). The van der Waals surface area contributed by atoms with Crippen molar-refractivity contribution in [1.29, 1.82) is 0 Å². The summed E-state index contributed by atoms with van der Waals surface area (Å²) in [6.07, 6.45) is 83.4. The molecule has 0 aliphatic heterocycles. The summed E-state index contributed by atoms with van der Waals surface area (Å²) in [4.78, 5) is 38.3. The SMILES string of the molecule is CC/C=C\C/C=C\C/C=C\C/C=C\CCCCCCCCCCCCCCC(=O)OCC(COC(=O)CCCCCCC/C=C\C/C=C\CCC)OC(=O)CCCCCCCCCCCCCCCCCCCCCC. The monoisotopic (exact) mass is 1060 g/mol. The van der Waals surface area contributed by atoms with Crippen LogP contribution in [-0.4, -0.2) is 37.2 Å². The van der Waals surface area contributed by atoms with Crippen LogP contribution in [0.4, 0.5) is 0 Å². The molecule has 6 nitrogen and oxygen atoms in total. The zero-order chi connectivity index (χ0) is 55.0. The topological polar surface area (TPSA) is 78.9 Å². The van der Waals surface area contributed by atoms with Crippen LogP contribution in [0.5, 0.6) is 0 Å². The Labute approximate surface area is 472 Å². The third-order valence-corrected chi connectivity index (χ3v) is 14.4. The first-order chi connectivity index (χ1) is 37.5. The van der Waals surface area contributed by atoms with Gasteiger partial charge in [0.2, 0.25) is 0 Å². The molecule has 0 heterocycles. The second-order valence-electron chi connectivity index (χ2n) is 22.0. The van der Waals surface area contributed by atoms with E-state index in [0.717, 1.165) is 109 Å². The fourth-order valence-electron chi connectivity index (χ4n) is 9.53. The molecule has 0 saturated heterocycles. The van der Waals surface area contributed by atoms with E-state index in [1.54, 1.807) is 0 Å². The summed E-state index contributed by atoms with van der Waals surface area (Å²) in [6, 6.07) is 0. The molecule has 0 aliphatic rings. The molecular formula is C70H124O6. The number of unbranched alkanes of at least 4 members (excludes halogenated alkanes) is 37. The second kappa shape index (κ2) is 64.4. The van der Waals surface area contributed by atoms with Gasteiger partial charge < -0.3 is 14.2 Å². The molecule has 0 aromatic heterocycles. The molecule has 1 atom stereocenters. The standard InChI is InChI=1S/C70H124O6/c1-4-7-10-13-16-19-22-25-27-29-31-33-34-35-36-37-39-40-42-45-48-51-54-57-60-63-69(72)75-66-67(65-74-68(71)62-59-56-53-50-47-44-24-21-18-15-12-9-6-3)76-70(73)64-61-58-55-52-49-46-43-41-38-32-30-28-26-23-20-17-14-11-8-5-2/h7,10,12,15-16,19,21,24-25,27,31,33,67H,4-6,8-9,11,13-14,17-18,20,22-23,26,28-30,32,34-66H2,1-3H3/b10-7-,15-12-,19-16-,24-21-,27-25-,33-31-. The highest BCUT2D eigenvalue weighted by molar-refractivity contribution is 5.71. The Morgan fingerprint density at radius 2 is 0.539 bits per heavy atom. The fraction of sp³-hybridized carbons (Fsp3) is 0.786. The Hall–Kier alpha value is -3.15. The highest BCUT2D eigenvalue weighted by atomic mass is 16.6. The summed E-state index contributed by atoms with van der Waals surface area (Å²) < 4.78 is 16.9. The number of carbonyl (C=O) groups excluding carboxylic acids is 3. The van der Waals surface area contributed by atoms with Crippen LogP contribution in [0.1, 0.15) is 335 Å². The summed E-state index contributed by atoms with van der Waals surface area (Å²) in [6.45, 7) is 6.50. The Bertz CT molecular complexity index is 1400. The second-order valence-corrected chi connectivity index (χ2v) is 22.0. The summed E-state index contributed by atoms with van der Waals surface area (Å²) >= 11 is 0. The molecule has 6 heteroatoms. The Kier molecular flexibility index (Phi) is 61.7. The predicted octanol–water partition coefficient (Wildman–Crippen LogP) is 22.5. The van der Waals surface area contributed by atoms with Crippen molar-refractivity contribution in [2.75, 3.05) is 13.2 Å². The van der Waals surface area contributed by atoms with E-state index >= 15 is 0 Å². The minimum absolute atomic E-state index is 0.0775. The minimum Gasteiger partial charge on any atom is -0.462 e. The maximum absolute atomic E-state index is 12.9. The molecule has 0 spiro atoms. The van der Waals surface area contributed by atoms with E-state index in [1.165, 1.54) is 186 Å². The zero-order valence-corrected chi connectivity index (χ0v) is 50.5. The van der Waals surface area contributed by atoms with Crippen molar-refractivity contribution in [1.82, 2.24) is 0 Å². The fourth-order valence-corrected chi connectivity index (χ4v) is 9.53. The number of carbonyl (C=O) groups is 3. The molecular weight excluding hydrogens is 937 g/mol. The van der Waals surface area contributed by atoms with Crippen molar-refractivity contribution in [2.24, 2.45) is 0 Å². The predicted molar refractivity (Wildman–Crippen MR) is 330 cm³/mol. The molecule has 0 bridgehead atoms. The van der Waals surface area contributed by atoms with E-state index in [0.29, 0.717) is 19.3 Å². The van der Waals surface area contributed by atoms with Gasteiger partial charge in [-0.15, -0.1) is 0 Å². The van der Waals surface area contributed by atoms with E-state index in [4.69, 9.17) is 14.2 Å². The first-order valence-electron chi connectivity index (χ1n) is 32.9.